The average Bonchev–Trinajstić information content (AvgIpc) is 2.56. The van der Waals surface area contributed by atoms with E-state index in [1.165, 1.54) is 4.70 Å². The van der Waals surface area contributed by atoms with E-state index in [1.807, 2.05) is 12.1 Å². The molecule has 15 heavy (non-hydrogen) atoms. The molecule has 2 aromatic rings. The molecule has 0 radical (unpaired) electrons. The molecule has 1 aromatic heterocycles. The van der Waals surface area contributed by atoms with Gasteiger partial charge < -0.3 is 5.32 Å². The van der Waals surface area contributed by atoms with Gasteiger partial charge in [-0.15, -0.1) is 0 Å². The summed E-state index contributed by atoms with van der Waals surface area (Å²) in [6, 6.07) is 6.19. The minimum absolute atomic E-state index is 0.642. The highest BCUT2D eigenvalue weighted by atomic mass is 79.9. The number of anilines is 1. The molecule has 0 aliphatic heterocycles. The molecule has 1 aromatic carbocycles. The molecule has 0 amide bonds. The van der Waals surface area contributed by atoms with Crippen LogP contribution in [0.5, 0.6) is 0 Å². The minimum atomic E-state index is 0.642. The third kappa shape index (κ3) is 2.69. The highest BCUT2D eigenvalue weighted by Gasteiger charge is 2.03. The average molecular weight is 285 g/mol. The Morgan fingerprint density at radius 3 is 3.00 bits per heavy atom. The zero-order chi connectivity index (χ0) is 10.8. The molecule has 0 aliphatic carbocycles. The van der Waals surface area contributed by atoms with Crippen LogP contribution in [-0.4, -0.2) is 11.5 Å². The van der Waals surface area contributed by atoms with Crippen molar-refractivity contribution in [1.82, 2.24) is 4.98 Å². The van der Waals surface area contributed by atoms with E-state index >= 15 is 0 Å². The first kappa shape index (κ1) is 10.9. The number of hydrogen-bond donors (Lipinski definition) is 1. The first-order valence-electron chi connectivity index (χ1n) is 4.95. The summed E-state index contributed by atoms with van der Waals surface area (Å²) in [5.74, 6) is 0.642. The molecule has 0 spiro atoms. The van der Waals surface area contributed by atoms with E-state index in [0.29, 0.717) is 5.92 Å². The van der Waals surface area contributed by atoms with Crippen molar-refractivity contribution >= 4 is 42.6 Å². The zero-order valence-corrected chi connectivity index (χ0v) is 11.2. The minimum Gasteiger partial charge on any atom is -0.361 e. The number of benzene rings is 1. The van der Waals surface area contributed by atoms with Crippen LogP contribution in [-0.2, 0) is 0 Å². The lowest BCUT2D eigenvalue weighted by molar-refractivity contribution is 0.688. The normalized spacial score (nSPS) is 11.2. The SMILES string of the molecule is CC(C)CNc1nc2cc(Br)ccc2s1. The van der Waals surface area contributed by atoms with Crippen LogP contribution in [0, 0.1) is 5.92 Å². The molecular weight excluding hydrogens is 272 g/mol. The van der Waals surface area contributed by atoms with Crippen LogP contribution in [0.25, 0.3) is 10.2 Å². The second kappa shape index (κ2) is 4.49. The molecule has 1 heterocycles. The van der Waals surface area contributed by atoms with Crippen LogP contribution in [0.1, 0.15) is 13.8 Å². The zero-order valence-electron chi connectivity index (χ0n) is 8.75. The van der Waals surface area contributed by atoms with Crippen LogP contribution >= 0.6 is 27.3 Å². The van der Waals surface area contributed by atoms with Crippen LogP contribution in [0.15, 0.2) is 22.7 Å². The standard InChI is InChI=1S/C11H13BrN2S/c1-7(2)6-13-11-14-9-5-8(12)3-4-10(9)15-11/h3-5,7H,6H2,1-2H3,(H,13,14). The van der Waals surface area contributed by atoms with E-state index in [2.05, 4.69) is 46.1 Å². The number of hydrogen-bond acceptors (Lipinski definition) is 3. The van der Waals surface area contributed by atoms with E-state index < -0.39 is 0 Å². The molecule has 1 N–H and O–H groups in total. The van der Waals surface area contributed by atoms with Crippen LogP contribution in [0.4, 0.5) is 5.13 Å². The van der Waals surface area contributed by atoms with Gasteiger partial charge in [-0.2, -0.15) is 0 Å². The van der Waals surface area contributed by atoms with Crippen LogP contribution in [0.2, 0.25) is 0 Å². The van der Waals surface area contributed by atoms with Gasteiger partial charge in [-0.05, 0) is 24.1 Å². The van der Waals surface area contributed by atoms with E-state index in [4.69, 9.17) is 0 Å². The Morgan fingerprint density at radius 2 is 2.27 bits per heavy atom. The third-order valence-corrected chi connectivity index (χ3v) is 3.50. The predicted molar refractivity (Wildman–Crippen MR) is 70.6 cm³/mol. The van der Waals surface area contributed by atoms with Gasteiger partial charge >= 0.3 is 0 Å². The van der Waals surface area contributed by atoms with Crippen molar-refractivity contribution in [3.8, 4) is 0 Å². The largest absolute Gasteiger partial charge is 0.361 e. The number of fused-ring (bicyclic) bond motifs is 1. The number of rotatable bonds is 3. The second-order valence-corrected chi connectivity index (χ2v) is 5.85. The summed E-state index contributed by atoms with van der Waals surface area (Å²) in [6.45, 7) is 5.36. The topological polar surface area (TPSA) is 24.9 Å². The van der Waals surface area contributed by atoms with E-state index in [9.17, 15) is 0 Å². The van der Waals surface area contributed by atoms with E-state index in [-0.39, 0.29) is 0 Å². The lowest BCUT2D eigenvalue weighted by Crippen LogP contribution is -2.07. The molecule has 0 aliphatic rings. The molecule has 0 unspecified atom stereocenters. The van der Waals surface area contributed by atoms with Gasteiger partial charge in [-0.3, -0.25) is 0 Å². The van der Waals surface area contributed by atoms with Crippen molar-refractivity contribution in [2.75, 3.05) is 11.9 Å². The summed E-state index contributed by atoms with van der Waals surface area (Å²) in [5.41, 5.74) is 1.06. The van der Waals surface area contributed by atoms with Gasteiger partial charge in [-0.1, -0.05) is 41.1 Å². The summed E-state index contributed by atoms with van der Waals surface area (Å²) in [5, 5.41) is 4.36. The van der Waals surface area contributed by atoms with E-state index in [0.717, 1.165) is 21.7 Å². The molecule has 4 heteroatoms. The van der Waals surface area contributed by atoms with Crippen LogP contribution in [0.3, 0.4) is 0 Å². The summed E-state index contributed by atoms with van der Waals surface area (Å²) in [4.78, 5) is 4.52. The number of aromatic nitrogens is 1. The maximum absolute atomic E-state index is 4.52. The molecule has 2 rings (SSSR count). The molecule has 0 atom stereocenters. The van der Waals surface area contributed by atoms with Gasteiger partial charge in [0.15, 0.2) is 5.13 Å². The van der Waals surface area contributed by atoms with E-state index in [1.54, 1.807) is 11.3 Å². The molecular formula is C11H13BrN2S. The Labute approximate surface area is 102 Å². The van der Waals surface area contributed by atoms with Gasteiger partial charge in [-0.25, -0.2) is 4.98 Å². The van der Waals surface area contributed by atoms with Crippen molar-refractivity contribution in [3.05, 3.63) is 22.7 Å². The Hall–Kier alpha value is -0.610. The Kier molecular flexibility index (Phi) is 3.26. The van der Waals surface area contributed by atoms with Gasteiger partial charge in [0.05, 0.1) is 10.2 Å². The smallest absolute Gasteiger partial charge is 0.183 e. The van der Waals surface area contributed by atoms with Crippen molar-refractivity contribution in [2.24, 2.45) is 5.92 Å². The maximum Gasteiger partial charge on any atom is 0.183 e. The molecule has 0 bridgehead atoms. The Bertz CT molecular complexity index is 465. The fourth-order valence-electron chi connectivity index (χ4n) is 1.27. The number of halogens is 1. The summed E-state index contributed by atoms with van der Waals surface area (Å²) in [7, 11) is 0. The summed E-state index contributed by atoms with van der Waals surface area (Å²) >= 11 is 5.15. The first-order valence-corrected chi connectivity index (χ1v) is 6.56. The van der Waals surface area contributed by atoms with Crippen molar-refractivity contribution in [3.63, 3.8) is 0 Å². The van der Waals surface area contributed by atoms with Gasteiger partial charge in [0.1, 0.15) is 0 Å². The molecule has 0 saturated heterocycles. The molecule has 80 valence electrons. The van der Waals surface area contributed by atoms with Crippen LogP contribution < -0.4 is 5.32 Å². The Morgan fingerprint density at radius 1 is 1.47 bits per heavy atom. The molecule has 2 nitrogen and oxygen atoms in total. The van der Waals surface area contributed by atoms with Crippen molar-refractivity contribution in [1.29, 1.82) is 0 Å². The highest BCUT2D eigenvalue weighted by Crippen LogP contribution is 2.28. The fraction of sp³-hybridized carbons (Fsp3) is 0.364. The predicted octanol–water partition coefficient (Wildman–Crippen LogP) is 4.13. The Balaban J connectivity index is 2.23. The number of thiazole rings is 1. The van der Waals surface area contributed by atoms with Gasteiger partial charge in [0, 0.05) is 11.0 Å². The second-order valence-electron chi connectivity index (χ2n) is 3.91. The van der Waals surface area contributed by atoms with Crippen molar-refractivity contribution < 1.29 is 0 Å². The summed E-state index contributed by atoms with van der Waals surface area (Å²) < 4.78 is 2.31. The molecule has 0 saturated carbocycles. The van der Waals surface area contributed by atoms with Crippen molar-refractivity contribution in [2.45, 2.75) is 13.8 Å². The first-order chi connectivity index (χ1) is 7.15. The molecule has 0 fully saturated rings. The third-order valence-electron chi connectivity index (χ3n) is 2.01. The quantitative estimate of drug-likeness (QED) is 0.917. The maximum atomic E-state index is 4.52. The monoisotopic (exact) mass is 284 g/mol. The lowest BCUT2D eigenvalue weighted by atomic mass is 10.2. The highest BCUT2D eigenvalue weighted by molar-refractivity contribution is 9.10. The number of nitrogens with one attached hydrogen (secondary N) is 1. The number of nitrogens with zero attached hydrogens (tertiary/aromatic N) is 1. The summed E-state index contributed by atoms with van der Waals surface area (Å²) in [6.07, 6.45) is 0. The lowest BCUT2D eigenvalue weighted by Gasteiger charge is -2.03. The van der Waals surface area contributed by atoms with Gasteiger partial charge in [0.25, 0.3) is 0 Å². The van der Waals surface area contributed by atoms with Gasteiger partial charge in [0.2, 0.25) is 0 Å². The fourth-order valence-corrected chi connectivity index (χ4v) is 2.47.